The molecule has 1 aliphatic heterocycles. The third-order valence-electron chi connectivity index (χ3n) is 3.56. The average Bonchev–Trinajstić information content (AvgIpc) is 2.53. The molecule has 3 amide bonds. The van der Waals surface area contributed by atoms with Gasteiger partial charge in [0, 0.05) is 45.0 Å². The highest BCUT2D eigenvalue weighted by Crippen LogP contribution is 2.17. The first-order chi connectivity index (χ1) is 9.70. The number of nitrogens with one attached hydrogen (secondary N) is 2. The standard InChI is InChI=1S/C14H20N4O2/c1-15-14(20)18-7-4-12(5-8-18)13(19)17-10-11-3-2-6-16-9-11/h2-3,6,9,12H,4-5,7-8,10H2,1H3,(H,15,20)(H,17,19). The molecular formula is C14H20N4O2. The second kappa shape index (κ2) is 6.88. The number of pyridine rings is 1. The van der Waals surface area contributed by atoms with Gasteiger partial charge in [-0.1, -0.05) is 6.07 Å². The van der Waals surface area contributed by atoms with Crippen LogP contribution in [0.25, 0.3) is 0 Å². The molecule has 6 heteroatoms. The zero-order chi connectivity index (χ0) is 14.4. The van der Waals surface area contributed by atoms with Crippen LogP contribution in [-0.2, 0) is 11.3 Å². The largest absolute Gasteiger partial charge is 0.352 e. The predicted octanol–water partition coefficient (Wildman–Crippen LogP) is 0.749. The fourth-order valence-corrected chi connectivity index (χ4v) is 2.34. The first-order valence-electron chi connectivity index (χ1n) is 6.84. The van der Waals surface area contributed by atoms with Gasteiger partial charge in [0.1, 0.15) is 0 Å². The summed E-state index contributed by atoms with van der Waals surface area (Å²) in [7, 11) is 1.62. The minimum Gasteiger partial charge on any atom is -0.352 e. The third-order valence-corrected chi connectivity index (χ3v) is 3.56. The number of piperidine rings is 1. The van der Waals surface area contributed by atoms with Gasteiger partial charge in [-0.2, -0.15) is 0 Å². The van der Waals surface area contributed by atoms with Crippen LogP contribution in [0.5, 0.6) is 0 Å². The molecule has 2 heterocycles. The number of likely N-dealkylation sites (tertiary alicyclic amines) is 1. The monoisotopic (exact) mass is 276 g/mol. The molecule has 108 valence electrons. The number of aromatic nitrogens is 1. The van der Waals surface area contributed by atoms with Crippen molar-refractivity contribution in [3.63, 3.8) is 0 Å². The molecule has 0 radical (unpaired) electrons. The van der Waals surface area contributed by atoms with Crippen molar-refractivity contribution in [3.05, 3.63) is 30.1 Å². The number of amides is 3. The van der Waals surface area contributed by atoms with Crippen molar-refractivity contribution in [1.29, 1.82) is 0 Å². The number of nitrogens with zero attached hydrogens (tertiary/aromatic N) is 2. The Kier molecular flexibility index (Phi) is 4.92. The van der Waals surface area contributed by atoms with Gasteiger partial charge in [-0.15, -0.1) is 0 Å². The lowest BCUT2D eigenvalue weighted by molar-refractivity contribution is -0.126. The number of rotatable bonds is 3. The lowest BCUT2D eigenvalue weighted by Crippen LogP contribution is -2.45. The number of carbonyl (C=O) groups is 2. The van der Waals surface area contributed by atoms with Gasteiger partial charge in [0.05, 0.1) is 0 Å². The van der Waals surface area contributed by atoms with Gasteiger partial charge in [-0.3, -0.25) is 9.78 Å². The topological polar surface area (TPSA) is 74.3 Å². The van der Waals surface area contributed by atoms with Crippen LogP contribution in [-0.4, -0.2) is 42.0 Å². The Morgan fingerprint density at radius 3 is 2.75 bits per heavy atom. The average molecular weight is 276 g/mol. The van der Waals surface area contributed by atoms with E-state index in [1.165, 1.54) is 0 Å². The highest BCUT2D eigenvalue weighted by molar-refractivity contribution is 5.79. The van der Waals surface area contributed by atoms with E-state index in [1.54, 1.807) is 24.3 Å². The molecule has 0 aromatic carbocycles. The SMILES string of the molecule is CNC(=O)N1CCC(C(=O)NCc2cccnc2)CC1. The van der Waals surface area contributed by atoms with Crippen LogP contribution in [0.15, 0.2) is 24.5 Å². The molecule has 6 nitrogen and oxygen atoms in total. The molecule has 0 unspecified atom stereocenters. The van der Waals surface area contributed by atoms with E-state index in [0.29, 0.717) is 32.5 Å². The second-order valence-electron chi connectivity index (χ2n) is 4.90. The van der Waals surface area contributed by atoms with E-state index in [4.69, 9.17) is 0 Å². The summed E-state index contributed by atoms with van der Waals surface area (Å²) in [5.74, 6) is 0.0537. The summed E-state index contributed by atoms with van der Waals surface area (Å²) >= 11 is 0. The van der Waals surface area contributed by atoms with Crippen molar-refractivity contribution in [2.75, 3.05) is 20.1 Å². The van der Waals surface area contributed by atoms with Crippen LogP contribution in [0.4, 0.5) is 4.79 Å². The Hall–Kier alpha value is -2.11. The summed E-state index contributed by atoms with van der Waals surface area (Å²) in [5.41, 5.74) is 0.989. The number of hydrogen-bond acceptors (Lipinski definition) is 3. The van der Waals surface area contributed by atoms with Crippen molar-refractivity contribution < 1.29 is 9.59 Å². The molecule has 1 aromatic heterocycles. The Morgan fingerprint density at radius 2 is 2.15 bits per heavy atom. The molecule has 1 aromatic rings. The zero-order valence-corrected chi connectivity index (χ0v) is 11.6. The Bertz CT molecular complexity index is 456. The van der Waals surface area contributed by atoms with Gasteiger partial charge in [0.25, 0.3) is 0 Å². The van der Waals surface area contributed by atoms with Gasteiger partial charge in [-0.25, -0.2) is 4.79 Å². The maximum atomic E-state index is 12.1. The van der Waals surface area contributed by atoms with E-state index >= 15 is 0 Å². The Labute approximate surface area is 118 Å². The maximum absolute atomic E-state index is 12.1. The van der Waals surface area contributed by atoms with Crippen molar-refractivity contribution >= 4 is 11.9 Å². The minimum atomic E-state index is -0.0702. The Balaban J connectivity index is 1.76. The molecule has 1 fully saturated rings. The summed E-state index contributed by atoms with van der Waals surface area (Å²) < 4.78 is 0. The summed E-state index contributed by atoms with van der Waals surface area (Å²) in [4.78, 5) is 29.3. The minimum absolute atomic E-state index is 0.00687. The first-order valence-corrected chi connectivity index (χ1v) is 6.84. The molecule has 20 heavy (non-hydrogen) atoms. The molecular weight excluding hydrogens is 256 g/mol. The second-order valence-corrected chi connectivity index (χ2v) is 4.90. The summed E-state index contributed by atoms with van der Waals surface area (Å²) in [6.07, 6.45) is 4.88. The van der Waals surface area contributed by atoms with Crippen molar-refractivity contribution in [3.8, 4) is 0 Å². The third kappa shape index (κ3) is 3.69. The zero-order valence-electron chi connectivity index (χ0n) is 11.6. The Morgan fingerprint density at radius 1 is 1.40 bits per heavy atom. The van der Waals surface area contributed by atoms with Gasteiger partial charge >= 0.3 is 6.03 Å². The molecule has 0 aliphatic carbocycles. The molecule has 2 rings (SSSR count). The van der Waals surface area contributed by atoms with Crippen molar-refractivity contribution in [2.45, 2.75) is 19.4 Å². The highest BCUT2D eigenvalue weighted by Gasteiger charge is 2.26. The van der Waals surface area contributed by atoms with Gasteiger partial charge in [-0.05, 0) is 24.5 Å². The number of urea groups is 1. The summed E-state index contributed by atoms with van der Waals surface area (Å²) in [5, 5.41) is 5.53. The van der Waals surface area contributed by atoms with Crippen LogP contribution >= 0.6 is 0 Å². The lowest BCUT2D eigenvalue weighted by atomic mass is 9.96. The van der Waals surface area contributed by atoms with E-state index in [1.807, 2.05) is 12.1 Å². The van der Waals surface area contributed by atoms with Crippen molar-refractivity contribution in [2.24, 2.45) is 5.92 Å². The molecule has 0 atom stereocenters. The molecule has 1 aliphatic rings. The van der Waals surface area contributed by atoms with E-state index in [-0.39, 0.29) is 17.9 Å². The van der Waals surface area contributed by atoms with Gasteiger partial charge in [0.15, 0.2) is 0 Å². The highest BCUT2D eigenvalue weighted by atomic mass is 16.2. The van der Waals surface area contributed by atoms with E-state index < -0.39 is 0 Å². The first kappa shape index (κ1) is 14.3. The van der Waals surface area contributed by atoms with Gasteiger partial charge in [0.2, 0.25) is 5.91 Å². The number of carbonyl (C=O) groups excluding carboxylic acids is 2. The van der Waals surface area contributed by atoms with E-state index in [9.17, 15) is 9.59 Å². The predicted molar refractivity (Wildman–Crippen MR) is 74.8 cm³/mol. The molecule has 0 bridgehead atoms. The quantitative estimate of drug-likeness (QED) is 0.855. The van der Waals surface area contributed by atoms with E-state index in [0.717, 1.165) is 5.56 Å². The van der Waals surface area contributed by atoms with Crippen LogP contribution < -0.4 is 10.6 Å². The van der Waals surface area contributed by atoms with Crippen LogP contribution in [0.3, 0.4) is 0 Å². The molecule has 1 saturated heterocycles. The fraction of sp³-hybridized carbons (Fsp3) is 0.500. The number of hydrogen-bond donors (Lipinski definition) is 2. The van der Waals surface area contributed by atoms with E-state index in [2.05, 4.69) is 15.6 Å². The van der Waals surface area contributed by atoms with Crippen LogP contribution in [0, 0.1) is 5.92 Å². The smallest absolute Gasteiger partial charge is 0.317 e. The normalized spacial score (nSPS) is 15.8. The molecule has 0 spiro atoms. The molecule has 0 saturated carbocycles. The van der Waals surface area contributed by atoms with Crippen LogP contribution in [0.2, 0.25) is 0 Å². The van der Waals surface area contributed by atoms with Crippen molar-refractivity contribution in [1.82, 2.24) is 20.5 Å². The summed E-state index contributed by atoms with van der Waals surface area (Å²) in [6, 6.07) is 3.71. The van der Waals surface area contributed by atoms with Gasteiger partial charge < -0.3 is 15.5 Å². The summed E-state index contributed by atoms with van der Waals surface area (Å²) in [6.45, 7) is 1.76. The van der Waals surface area contributed by atoms with Crippen LogP contribution in [0.1, 0.15) is 18.4 Å². The molecule has 2 N–H and O–H groups in total. The maximum Gasteiger partial charge on any atom is 0.317 e. The lowest BCUT2D eigenvalue weighted by Gasteiger charge is -2.30. The fourth-order valence-electron chi connectivity index (χ4n) is 2.34.